The van der Waals surface area contributed by atoms with Gasteiger partial charge in [0, 0.05) is 5.69 Å². The molecule has 2 aromatic rings. The van der Waals surface area contributed by atoms with Gasteiger partial charge in [-0.2, -0.15) is 0 Å². The van der Waals surface area contributed by atoms with Crippen molar-refractivity contribution in [3.05, 3.63) is 51.7 Å². The van der Waals surface area contributed by atoms with Crippen LogP contribution < -0.4 is 5.32 Å². The van der Waals surface area contributed by atoms with Crippen LogP contribution in [0.25, 0.3) is 0 Å². The number of nitrogens with one attached hydrogen (secondary N) is 1. The summed E-state index contributed by atoms with van der Waals surface area (Å²) < 4.78 is 4.66. The molecule has 0 unspecified atom stereocenters. The number of thiophene rings is 1. The van der Waals surface area contributed by atoms with E-state index in [1.54, 1.807) is 24.3 Å². The fourth-order valence-electron chi connectivity index (χ4n) is 1.84. The summed E-state index contributed by atoms with van der Waals surface area (Å²) in [5.41, 5.74) is 2.01. The number of benzene rings is 1. The Labute approximate surface area is 121 Å². The number of rotatable bonds is 4. The number of anilines is 1. The standard InChI is InChI=1S/C15H15NO3S/c1-3-10-7-8-20-13(10)14(17)16-12-6-4-5-11(9-12)15(18)19-2/h4-9H,3H2,1-2H3,(H,16,17). The van der Waals surface area contributed by atoms with Gasteiger partial charge in [0.2, 0.25) is 0 Å². The van der Waals surface area contributed by atoms with E-state index in [9.17, 15) is 9.59 Å². The third-order valence-electron chi connectivity index (χ3n) is 2.88. The van der Waals surface area contributed by atoms with Gasteiger partial charge in [-0.15, -0.1) is 11.3 Å². The topological polar surface area (TPSA) is 55.4 Å². The highest BCUT2D eigenvalue weighted by Gasteiger charge is 2.13. The Bertz CT molecular complexity index is 634. The summed E-state index contributed by atoms with van der Waals surface area (Å²) in [6.07, 6.45) is 0.814. The minimum atomic E-state index is -0.425. The Morgan fingerprint density at radius 1 is 1.30 bits per heavy atom. The van der Waals surface area contributed by atoms with Crippen LogP contribution in [-0.4, -0.2) is 19.0 Å². The fourth-order valence-corrected chi connectivity index (χ4v) is 2.73. The third-order valence-corrected chi connectivity index (χ3v) is 3.83. The molecule has 0 fully saturated rings. The molecule has 0 radical (unpaired) electrons. The SMILES string of the molecule is CCc1ccsc1C(=O)Nc1cccc(C(=O)OC)c1. The van der Waals surface area contributed by atoms with Gasteiger partial charge in [-0.1, -0.05) is 13.0 Å². The minimum absolute atomic E-state index is 0.154. The summed E-state index contributed by atoms with van der Waals surface area (Å²) in [7, 11) is 1.33. The van der Waals surface area contributed by atoms with Crippen molar-refractivity contribution in [3.8, 4) is 0 Å². The average Bonchev–Trinajstić information content (AvgIpc) is 2.95. The molecule has 1 amide bonds. The van der Waals surface area contributed by atoms with E-state index in [0.717, 1.165) is 12.0 Å². The number of hydrogen-bond donors (Lipinski definition) is 1. The van der Waals surface area contributed by atoms with Crippen molar-refractivity contribution < 1.29 is 14.3 Å². The molecule has 1 N–H and O–H groups in total. The fraction of sp³-hybridized carbons (Fsp3) is 0.200. The zero-order chi connectivity index (χ0) is 14.5. The van der Waals surface area contributed by atoms with Gasteiger partial charge in [0.05, 0.1) is 17.6 Å². The summed E-state index contributed by atoms with van der Waals surface area (Å²) in [4.78, 5) is 24.3. The lowest BCUT2D eigenvalue weighted by Gasteiger charge is -2.06. The van der Waals surface area contributed by atoms with Crippen LogP contribution in [0.1, 0.15) is 32.5 Å². The lowest BCUT2D eigenvalue weighted by Crippen LogP contribution is -2.12. The van der Waals surface area contributed by atoms with Crippen LogP contribution >= 0.6 is 11.3 Å². The molecule has 4 nitrogen and oxygen atoms in total. The predicted molar refractivity (Wildman–Crippen MR) is 79.4 cm³/mol. The lowest BCUT2D eigenvalue weighted by atomic mass is 10.2. The quantitative estimate of drug-likeness (QED) is 0.878. The van der Waals surface area contributed by atoms with Gasteiger partial charge < -0.3 is 10.1 Å². The van der Waals surface area contributed by atoms with E-state index in [1.165, 1.54) is 18.4 Å². The van der Waals surface area contributed by atoms with Crippen LogP contribution in [0.4, 0.5) is 5.69 Å². The molecule has 2 rings (SSSR count). The van der Waals surface area contributed by atoms with E-state index in [-0.39, 0.29) is 5.91 Å². The molecule has 0 aliphatic carbocycles. The number of aryl methyl sites for hydroxylation is 1. The van der Waals surface area contributed by atoms with E-state index in [2.05, 4.69) is 10.1 Å². The summed E-state index contributed by atoms with van der Waals surface area (Å²) >= 11 is 1.41. The Kier molecular flexibility index (Phi) is 4.53. The van der Waals surface area contributed by atoms with Crippen molar-refractivity contribution in [3.63, 3.8) is 0 Å². The van der Waals surface area contributed by atoms with E-state index in [1.807, 2.05) is 18.4 Å². The first-order valence-corrected chi connectivity index (χ1v) is 7.09. The van der Waals surface area contributed by atoms with Gasteiger partial charge in [0.1, 0.15) is 0 Å². The van der Waals surface area contributed by atoms with Crippen LogP contribution in [0.15, 0.2) is 35.7 Å². The summed E-state index contributed by atoms with van der Waals surface area (Å²) in [5, 5.41) is 4.70. The zero-order valence-electron chi connectivity index (χ0n) is 11.3. The van der Waals surface area contributed by atoms with Gasteiger partial charge in [0.25, 0.3) is 5.91 Å². The van der Waals surface area contributed by atoms with Crippen LogP contribution in [-0.2, 0) is 11.2 Å². The van der Waals surface area contributed by atoms with Gasteiger partial charge in [0.15, 0.2) is 0 Å². The molecular formula is C15H15NO3S. The first-order chi connectivity index (χ1) is 9.65. The van der Waals surface area contributed by atoms with Crippen LogP contribution in [0.5, 0.6) is 0 Å². The Balaban J connectivity index is 2.18. The monoisotopic (exact) mass is 289 g/mol. The summed E-state index contributed by atoms with van der Waals surface area (Å²) in [6.45, 7) is 2.01. The van der Waals surface area contributed by atoms with Crippen molar-refractivity contribution in [2.24, 2.45) is 0 Å². The van der Waals surface area contributed by atoms with E-state index < -0.39 is 5.97 Å². The molecule has 0 bridgehead atoms. The van der Waals surface area contributed by atoms with Crippen LogP contribution in [0.2, 0.25) is 0 Å². The smallest absolute Gasteiger partial charge is 0.337 e. The highest BCUT2D eigenvalue weighted by molar-refractivity contribution is 7.12. The first-order valence-electron chi connectivity index (χ1n) is 6.21. The van der Waals surface area contributed by atoms with E-state index in [0.29, 0.717) is 16.1 Å². The number of methoxy groups -OCH3 is 1. The molecule has 0 saturated carbocycles. The number of amides is 1. The molecule has 104 valence electrons. The van der Waals surface area contributed by atoms with E-state index >= 15 is 0 Å². The van der Waals surface area contributed by atoms with Gasteiger partial charge in [-0.25, -0.2) is 4.79 Å². The maximum absolute atomic E-state index is 12.2. The predicted octanol–water partition coefficient (Wildman–Crippen LogP) is 3.35. The maximum Gasteiger partial charge on any atom is 0.337 e. The van der Waals surface area contributed by atoms with E-state index in [4.69, 9.17) is 0 Å². The molecule has 0 saturated heterocycles. The molecule has 20 heavy (non-hydrogen) atoms. The highest BCUT2D eigenvalue weighted by Crippen LogP contribution is 2.20. The largest absolute Gasteiger partial charge is 0.465 e. The second kappa shape index (κ2) is 6.34. The normalized spacial score (nSPS) is 10.1. The average molecular weight is 289 g/mol. The third kappa shape index (κ3) is 3.05. The van der Waals surface area contributed by atoms with Crippen molar-refractivity contribution in [1.29, 1.82) is 0 Å². The number of ether oxygens (including phenoxy) is 1. The van der Waals surface area contributed by atoms with Crippen molar-refractivity contribution >= 4 is 28.9 Å². The summed E-state index contributed by atoms with van der Waals surface area (Å²) in [6, 6.07) is 8.64. The Morgan fingerprint density at radius 3 is 2.80 bits per heavy atom. The molecular weight excluding hydrogens is 274 g/mol. The number of carbonyl (C=O) groups is 2. The van der Waals surface area contributed by atoms with Crippen LogP contribution in [0.3, 0.4) is 0 Å². The van der Waals surface area contributed by atoms with Crippen molar-refractivity contribution in [2.75, 3.05) is 12.4 Å². The number of hydrogen-bond acceptors (Lipinski definition) is 4. The number of carbonyl (C=O) groups excluding carboxylic acids is 2. The second-order valence-electron chi connectivity index (χ2n) is 4.16. The molecule has 0 atom stereocenters. The molecule has 0 aliphatic heterocycles. The van der Waals surface area contributed by atoms with Crippen molar-refractivity contribution in [2.45, 2.75) is 13.3 Å². The Morgan fingerprint density at radius 2 is 2.10 bits per heavy atom. The first kappa shape index (κ1) is 14.3. The Hall–Kier alpha value is -2.14. The number of esters is 1. The van der Waals surface area contributed by atoms with Gasteiger partial charge in [-0.05, 0) is 41.6 Å². The molecule has 1 aromatic heterocycles. The molecule has 0 spiro atoms. The zero-order valence-corrected chi connectivity index (χ0v) is 12.1. The van der Waals surface area contributed by atoms with Crippen LogP contribution in [0, 0.1) is 0 Å². The molecule has 1 heterocycles. The summed E-state index contributed by atoms with van der Waals surface area (Å²) in [5.74, 6) is -0.578. The maximum atomic E-state index is 12.2. The van der Waals surface area contributed by atoms with Gasteiger partial charge in [-0.3, -0.25) is 4.79 Å². The minimum Gasteiger partial charge on any atom is -0.465 e. The molecule has 0 aliphatic rings. The highest BCUT2D eigenvalue weighted by atomic mass is 32.1. The molecule has 1 aromatic carbocycles. The lowest BCUT2D eigenvalue weighted by molar-refractivity contribution is 0.0600. The van der Waals surface area contributed by atoms with Crippen molar-refractivity contribution in [1.82, 2.24) is 0 Å². The molecule has 5 heteroatoms. The van der Waals surface area contributed by atoms with Gasteiger partial charge >= 0.3 is 5.97 Å². The second-order valence-corrected chi connectivity index (χ2v) is 5.07.